The van der Waals surface area contributed by atoms with E-state index in [1.165, 1.54) is 0 Å². The molecule has 0 unspecified atom stereocenters. The predicted molar refractivity (Wildman–Crippen MR) is 98.3 cm³/mol. The number of carbonyl (C=O) groups excluding carboxylic acids is 1. The molecule has 0 aromatic heterocycles. The molecule has 1 aromatic rings. The van der Waals surface area contributed by atoms with Gasteiger partial charge in [0.25, 0.3) is 0 Å². The summed E-state index contributed by atoms with van der Waals surface area (Å²) >= 11 is 1.70. The standard InChI is InChI=1S/C18H26N2O4S/c1-25-9-4-14(19)17(21)20-11-18(5-7-22-8-6-18)13-2-3-15-16(10-13)24-12-23-15/h2-3,10,14H,4-9,11-12,19H2,1H3,(H,20,21)/t14-/m0/s1. The third-order valence-corrected chi connectivity index (χ3v) is 5.65. The van der Waals surface area contributed by atoms with E-state index in [1.54, 1.807) is 11.8 Å². The molecule has 1 aromatic carbocycles. The van der Waals surface area contributed by atoms with E-state index in [2.05, 4.69) is 11.4 Å². The maximum absolute atomic E-state index is 12.3. The lowest BCUT2D eigenvalue weighted by Crippen LogP contribution is -2.49. The second kappa shape index (κ2) is 8.29. The SMILES string of the molecule is CSCC[C@H](N)C(=O)NCC1(c2ccc3c(c2)OCO3)CCOCC1. The van der Waals surface area contributed by atoms with E-state index >= 15 is 0 Å². The van der Waals surface area contributed by atoms with E-state index < -0.39 is 6.04 Å². The Balaban J connectivity index is 1.72. The molecule has 25 heavy (non-hydrogen) atoms. The molecule has 1 amide bonds. The number of hydrogen-bond acceptors (Lipinski definition) is 6. The van der Waals surface area contributed by atoms with Crippen molar-refractivity contribution in [3.8, 4) is 11.5 Å². The monoisotopic (exact) mass is 366 g/mol. The molecular weight excluding hydrogens is 340 g/mol. The van der Waals surface area contributed by atoms with Gasteiger partial charge in [0.1, 0.15) is 0 Å². The number of carbonyl (C=O) groups is 1. The Morgan fingerprint density at radius 1 is 1.32 bits per heavy atom. The molecule has 2 heterocycles. The first-order chi connectivity index (χ1) is 12.1. The molecule has 0 aliphatic carbocycles. The maximum Gasteiger partial charge on any atom is 0.236 e. The lowest BCUT2D eigenvalue weighted by molar-refractivity contribution is -0.122. The van der Waals surface area contributed by atoms with Crippen LogP contribution in [0.25, 0.3) is 0 Å². The minimum absolute atomic E-state index is 0.0827. The third-order valence-electron chi connectivity index (χ3n) is 5.01. The summed E-state index contributed by atoms with van der Waals surface area (Å²) in [5, 5.41) is 3.07. The summed E-state index contributed by atoms with van der Waals surface area (Å²) < 4.78 is 16.5. The summed E-state index contributed by atoms with van der Waals surface area (Å²) in [6, 6.07) is 5.59. The van der Waals surface area contributed by atoms with Gasteiger partial charge in [-0.2, -0.15) is 11.8 Å². The van der Waals surface area contributed by atoms with Crippen molar-refractivity contribution in [1.82, 2.24) is 5.32 Å². The molecular formula is C18H26N2O4S. The van der Waals surface area contributed by atoms with Crippen molar-refractivity contribution in [3.63, 3.8) is 0 Å². The van der Waals surface area contributed by atoms with Crippen LogP contribution >= 0.6 is 11.8 Å². The molecule has 0 saturated carbocycles. The minimum Gasteiger partial charge on any atom is -0.454 e. The Hall–Kier alpha value is -1.44. The summed E-state index contributed by atoms with van der Waals surface area (Å²) in [5.74, 6) is 2.34. The molecule has 7 heteroatoms. The average molecular weight is 366 g/mol. The molecule has 0 radical (unpaired) electrons. The fraction of sp³-hybridized carbons (Fsp3) is 0.611. The summed E-state index contributed by atoms with van der Waals surface area (Å²) in [4.78, 5) is 12.3. The molecule has 138 valence electrons. The van der Waals surface area contributed by atoms with Crippen LogP contribution in [-0.2, 0) is 14.9 Å². The van der Waals surface area contributed by atoms with Crippen LogP contribution in [-0.4, -0.2) is 50.5 Å². The highest BCUT2D eigenvalue weighted by molar-refractivity contribution is 7.98. The van der Waals surface area contributed by atoms with E-state index in [9.17, 15) is 4.79 Å². The zero-order valence-electron chi connectivity index (χ0n) is 14.6. The minimum atomic E-state index is -0.457. The number of nitrogens with one attached hydrogen (secondary N) is 1. The highest BCUT2D eigenvalue weighted by atomic mass is 32.2. The highest BCUT2D eigenvalue weighted by Gasteiger charge is 2.36. The molecule has 0 spiro atoms. The van der Waals surface area contributed by atoms with Crippen molar-refractivity contribution in [1.29, 1.82) is 0 Å². The first kappa shape index (κ1) is 18.4. The number of hydrogen-bond donors (Lipinski definition) is 2. The third kappa shape index (κ3) is 4.22. The van der Waals surface area contributed by atoms with E-state index in [0.717, 1.165) is 35.7 Å². The van der Waals surface area contributed by atoms with Crippen LogP contribution in [0, 0.1) is 0 Å². The van der Waals surface area contributed by atoms with Gasteiger partial charge in [-0.1, -0.05) is 6.07 Å². The van der Waals surface area contributed by atoms with Gasteiger partial charge < -0.3 is 25.3 Å². The molecule has 1 fully saturated rings. The Kier molecular flexibility index (Phi) is 6.09. The van der Waals surface area contributed by atoms with Gasteiger partial charge in [0, 0.05) is 25.2 Å². The van der Waals surface area contributed by atoms with E-state index in [0.29, 0.717) is 26.2 Å². The van der Waals surface area contributed by atoms with Crippen LogP contribution in [0.5, 0.6) is 11.5 Å². The second-order valence-corrected chi connectivity index (χ2v) is 7.55. The van der Waals surface area contributed by atoms with Crippen molar-refractivity contribution < 1.29 is 19.0 Å². The van der Waals surface area contributed by atoms with E-state index in [4.69, 9.17) is 19.9 Å². The largest absolute Gasteiger partial charge is 0.454 e. The van der Waals surface area contributed by atoms with Crippen LogP contribution in [0.15, 0.2) is 18.2 Å². The molecule has 1 atom stereocenters. The topological polar surface area (TPSA) is 82.8 Å². The Morgan fingerprint density at radius 3 is 2.84 bits per heavy atom. The van der Waals surface area contributed by atoms with Gasteiger partial charge in [0.05, 0.1) is 6.04 Å². The van der Waals surface area contributed by atoms with Crippen LogP contribution in [0.1, 0.15) is 24.8 Å². The zero-order valence-corrected chi connectivity index (χ0v) is 15.4. The molecule has 6 nitrogen and oxygen atoms in total. The predicted octanol–water partition coefficient (Wildman–Crippen LogP) is 1.66. The smallest absolute Gasteiger partial charge is 0.236 e. The Labute approximate surface area is 152 Å². The molecule has 2 aliphatic heterocycles. The van der Waals surface area contributed by atoms with Crippen molar-refractivity contribution >= 4 is 17.7 Å². The van der Waals surface area contributed by atoms with Crippen molar-refractivity contribution in [2.24, 2.45) is 5.73 Å². The van der Waals surface area contributed by atoms with E-state index in [-0.39, 0.29) is 18.1 Å². The van der Waals surface area contributed by atoms with Crippen LogP contribution < -0.4 is 20.5 Å². The zero-order chi connectivity index (χ0) is 17.7. The quantitative estimate of drug-likeness (QED) is 0.764. The number of benzene rings is 1. The normalized spacial score (nSPS) is 19.4. The van der Waals surface area contributed by atoms with Crippen molar-refractivity contribution in [2.45, 2.75) is 30.7 Å². The molecule has 3 rings (SSSR count). The Bertz CT molecular complexity index is 605. The van der Waals surface area contributed by atoms with Crippen LogP contribution in [0.2, 0.25) is 0 Å². The summed E-state index contributed by atoms with van der Waals surface area (Å²) in [7, 11) is 0. The number of fused-ring (bicyclic) bond motifs is 1. The lowest BCUT2D eigenvalue weighted by atomic mass is 9.74. The van der Waals surface area contributed by atoms with Gasteiger partial charge in [-0.15, -0.1) is 0 Å². The van der Waals surface area contributed by atoms with Gasteiger partial charge in [-0.25, -0.2) is 0 Å². The fourth-order valence-electron chi connectivity index (χ4n) is 3.32. The first-order valence-corrected chi connectivity index (χ1v) is 10.0. The molecule has 1 saturated heterocycles. The number of ether oxygens (including phenoxy) is 3. The summed E-state index contributed by atoms with van der Waals surface area (Å²) in [6.07, 6.45) is 4.41. The van der Waals surface area contributed by atoms with Gasteiger partial charge in [0.15, 0.2) is 11.5 Å². The second-order valence-electron chi connectivity index (χ2n) is 6.57. The average Bonchev–Trinajstić information content (AvgIpc) is 3.12. The summed E-state index contributed by atoms with van der Waals surface area (Å²) in [5.41, 5.74) is 6.98. The lowest BCUT2D eigenvalue weighted by Gasteiger charge is -2.38. The summed E-state index contributed by atoms with van der Waals surface area (Å²) in [6.45, 7) is 2.18. The van der Waals surface area contributed by atoms with Crippen LogP contribution in [0.3, 0.4) is 0 Å². The molecule has 2 aliphatic rings. The fourth-order valence-corrected chi connectivity index (χ4v) is 3.81. The number of rotatable bonds is 7. The molecule has 0 bridgehead atoms. The van der Waals surface area contributed by atoms with Crippen LogP contribution in [0.4, 0.5) is 0 Å². The number of thioether (sulfide) groups is 1. The van der Waals surface area contributed by atoms with Gasteiger partial charge in [-0.3, -0.25) is 4.79 Å². The van der Waals surface area contributed by atoms with Crippen molar-refractivity contribution in [3.05, 3.63) is 23.8 Å². The first-order valence-electron chi connectivity index (χ1n) is 8.65. The Morgan fingerprint density at radius 2 is 2.08 bits per heavy atom. The molecule has 3 N–H and O–H groups in total. The van der Waals surface area contributed by atoms with Gasteiger partial charge >= 0.3 is 0 Å². The maximum atomic E-state index is 12.3. The van der Waals surface area contributed by atoms with Crippen molar-refractivity contribution in [2.75, 3.05) is 38.6 Å². The number of amides is 1. The van der Waals surface area contributed by atoms with Gasteiger partial charge in [-0.05, 0) is 49.0 Å². The van der Waals surface area contributed by atoms with Gasteiger partial charge in [0.2, 0.25) is 12.7 Å². The highest BCUT2D eigenvalue weighted by Crippen LogP contribution is 2.40. The number of nitrogens with two attached hydrogens (primary N) is 1. The van der Waals surface area contributed by atoms with E-state index in [1.807, 2.05) is 18.4 Å².